The van der Waals surface area contributed by atoms with Gasteiger partial charge in [0, 0.05) is 0 Å². The van der Waals surface area contributed by atoms with Crippen LogP contribution in [0.15, 0.2) is 35.3 Å². The predicted octanol–water partition coefficient (Wildman–Crippen LogP) is 1.93. The maximum Gasteiger partial charge on any atom is 0.411 e. The lowest BCUT2D eigenvalue weighted by Gasteiger charge is -2.11. The number of para-hydroxylation sites is 2. The first-order valence-electron chi connectivity index (χ1n) is 5.06. The fourth-order valence-electron chi connectivity index (χ4n) is 1.50. The molecule has 18 heavy (non-hydrogen) atoms. The number of alkyl halides is 3. The van der Waals surface area contributed by atoms with Crippen LogP contribution in [0, 0.1) is 0 Å². The Morgan fingerprint density at radius 1 is 1.28 bits per heavy atom. The zero-order valence-electron chi connectivity index (χ0n) is 9.15. The lowest BCUT2D eigenvalue weighted by Crippen LogP contribution is -2.25. The van der Waals surface area contributed by atoms with Gasteiger partial charge < -0.3 is 4.74 Å². The van der Waals surface area contributed by atoms with Gasteiger partial charge in [0.15, 0.2) is 0 Å². The number of nitrogens with zero attached hydrogens (tertiary/aromatic N) is 2. The Balaban J connectivity index is 2.27. The number of rotatable bonds is 3. The molecule has 0 amide bonds. The summed E-state index contributed by atoms with van der Waals surface area (Å²) in [6.07, 6.45) is -3.36. The minimum atomic E-state index is -4.41. The summed E-state index contributed by atoms with van der Waals surface area (Å²) >= 11 is 0. The molecule has 0 aliphatic carbocycles. The van der Waals surface area contributed by atoms with Crippen LogP contribution < -0.4 is 5.56 Å². The van der Waals surface area contributed by atoms with E-state index in [4.69, 9.17) is 0 Å². The minimum absolute atomic E-state index is 0.437. The first-order valence-corrected chi connectivity index (χ1v) is 5.06. The molecule has 0 atom stereocenters. The van der Waals surface area contributed by atoms with E-state index in [1.54, 1.807) is 24.3 Å². The van der Waals surface area contributed by atoms with Gasteiger partial charge >= 0.3 is 6.18 Å². The van der Waals surface area contributed by atoms with Crippen molar-refractivity contribution in [1.29, 1.82) is 0 Å². The average molecular weight is 258 g/mol. The number of fused-ring (bicyclic) bond motifs is 1. The molecule has 0 saturated heterocycles. The maximum absolute atomic E-state index is 11.9. The fraction of sp³-hybridized carbons (Fsp3) is 0.273. The van der Waals surface area contributed by atoms with Crippen LogP contribution in [0.4, 0.5) is 13.2 Å². The molecule has 0 spiro atoms. The van der Waals surface area contributed by atoms with Gasteiger partial charge in [-0.25, -0.2) is 4.98 Å². The number of halogens is 3. The molecule has 0 unspecified atom stereocenters. The molecule has 96 valence electrons. The van der Waals surface area contributed by atoms with E-state index in [2.05, 4.69) is 9.72 Å². The summed E-state index contributed by atoms with van der Waals surface area (Å²) in [5, 5.41) is 0. The van der Waals surface area contributed by atoms with E-state index in [1.165, 1.54) is 0 Å². The molecule has 0 N–H and O–H groups in total. The number of hydrogen-bond acceptors (Lipinski definition) is 3. The summed E-state index contributed by atoms with van der Waals surface area (Å²) in [6.45, 7) is -1.85. The molecule has 7 heteroatoms. The summed E-state index contributed by atoms with van der Waals surface area (Å²) < 4.78 is 41.4. The van der Waals surface area contributed by atoms with Crippen LogP contribution in [0.5, 0.6) is 0 Å². The number of ether oxygens (including phenoxy) is 1. The Hall–Kier alpha value is -1.89. The van der Waals surface area contributed by atoms with Crippen molar-refractivity contribution in [1.82, 2.24) is 9.55 Å². The normalized spacial score (nSPS) is 11.9. The van der Waals surface area contributed by atoms with Crippen LogP contribution in [0.1, 0.15) is 0 Å². The Morgan fingerprint density at radius 3 is 2.72 bits per heavy atom. The lowest BCUT2D eigenvalue weighted by molar-refractivity contribution is -0.181. The van der Waals surface area contributed by atoms with Crippen molar-refractivity contribution < 1.29 is 17.9 Å². The highest BCUT2D eigenvalue weighted by Crippen LogP contribution is 2.15. The van der Waals surface area contributed by atoms with E-state index in [-0.39, 0.29) is 0 Å². The topological polar surface area (TPSA) is 44.1 Å². The van der Waals surface area contributed by atoms with Gasteiger partial charge in [-0.1, -0.05) is 12.1 Å². The molecule has 0 aliphatic heterocycles. The largest absolute Gasteiger partial charge is 0.411 e. The Morgan fingerprint density at radius 2 is 2.00 bits per heavy atom. The zero-order valence-corrected chi connectivity index (χ0v) is 9.15. The molecule has 4 nitrogen and oxygen atoms in total. The zero-order chi connectivity index (χ0) is 13.2. The van der Waals surface area contributed by atoms with Crippen molar-refractivity contribution in [2.75, 3.05) is 6.61 Å². The minimum Gasteiger partial charge on any atom is -0.351 e. The van der Waals surface area contributed by atoms with Crippen molar-refractivity contribution in [3.05, 3.63) is 40.8 Å². The van der Waals surface area contributed by atoms with E-state index in [9.17, 15) is 18.0 Å². The van der Waals surface area contributed by atoms with Gasteiger partial charge in [-0.2, -0.15) is 13.2 Å². The highest BCUT2D eigenvalue weighted by atomic mass is 19.4. The van der Waals surface area contributed by atoms with E-state index < -0.39 is 25.1 Å². The SMILES string of the molecule is O=c1cnc2ccccc2n1COCC(F)(F)F. The molecular formula is C11H9F3N2O2. The van der Waals surface area contributed by atoms with Gasteiger partial charge in [0.1, 0.15) is 13.3 Å². The number of hydrogen-bond donors (Lipinski definition) is 0. The number of benzene rings is 1. The monoisotopic (exact) mass is 258 g/mol. The standard InChI is InChI=1S/C11H9F3N2O2/c12-11(13,14)6-18-7-16-9-4-2-1-3-8(9)15-5-10(16)17/h1-5H,6-7H2. The average Bonchev–Trinajstić information content (AvgIpc) is 2.31. The van der Waals surface area contributed by atoms with Gasteiger partial charge in [0.2, 0.25) is 0 Å². The summed E-state index contributed by atoms with van der Waals surface area (Å²) in [7, 11) is 0. The third-order valence-electron chi connectivity index (χ3n) is 2.24. The van der Waals surface area contributed by atoms with Gasteiger partial charge in [0.25, 0.3) is 5.56 Å². The fourth-order valence-corrected chi connectivity index (χ4v) is 1.50. The van der Waals surface area contributed by atoms with Crippen LogP contribution in [0.2, 0.25) is 0 Å². The van der Waals surface area contributed by atoms with Crippen molar-refractivity contribution in [2.45, 2.75) is 12.9 Å². The van der Waals surface area contributed by atoms with Crippen molar-refractivity contribution in [2.24, 2.45) is 0 Å². The van der Waals surface area contributed by atoms with Crippen molar-refractivity contribution in [3.63, 3.8) is 0 Å². The Bertz CT molecular complexity index is 607. The summed E-state index contributed by atoms with van der Waals surface area (Å²) in [6, 6.07) is 6.65. The van der Waals surface area contributed by atoms with Crippen LogP contribution in [0.25, 0.3) is 11.0 Å². The third-order valence-corrected chi connectivity index (χ3v) is 2.24. The van der Waals surface area contributed by atoms with Gasteiger partial charge in [0.05, 0.1) is 17.2 Å². The van der Waals surface area contributed by atoms with Gasteiger partial charge in [-0.05, 0) is 12.1 Å². The summed E-state index contributed by atoms with van der Waals surface area (Å²) in [4.78, 5) is 15.4. The summed E-state index contributed by atoms with van der Waals surface area (Å²) in [5.41, 5.74) is 0.454. The van der Waals surface area contributed by atoms with Crippen molar-refractivity contribution in [3.8, 4) is 0 Å². The molecule has 0 bridgehead atoms. The van der Waals surface area contributed by atoms with E-state index in [0.717, 1.165) is 10.8 Å². The maximum atomic E-state index is 11.9. The molecule has 0 fully saturated rings. The van der Waals surface area contributed by atoms with Gasteiger partial charge in [-0.15, -0.1) is 0 Å². The van der Waals surface area contributed by atoms with Crippen molar-refractivity contribution >= 4 is 11.0 Å². The quantitative estimate of drug-likeness (QED) is 0.845. The second-order valence-corrected chi connectivity index (χ2v) is 3.61. The lowest BCUT2D eigenvalue weighted by atomic mass is 10.3. The summed E-state index contributed by atoms with van der Waals surface area (Å²) in [5.74, 6) is 0. The smallest absolute Gasteiger partial charge is 0.351 e. The van der Waals surface area contributed by atoms with Crippen LogP contribution in [-0.2, 0) is 11.5 Å². The first-order chi connectivity index (χ1) is 8.47. The molecule has 2 rings (SSSR count). The van der Waals surface area contributed by atoms with E-state index in [1.807, 2.05) is 0 Å². The Labute approximate surface area is 99.6 Å². The molecule has 0 saturated carbocycles. The van der Waals surface area contributed by atoms with E-state index in [0.29, 0.717) is 11.0 Å². The second kappa shape index (κ2) is 4.77. The Kier molecular flexibility index (Phi) is 3.33. The molecule has 2 aromatic rings. The third kappa shape index (κ3) is 2.86. The predicted molar refractivity (Wildman–Crippen MR) is 58.0 cm³/mol. The van der Waals surface area contributed by atoms with Crippen LogP contribution in [-0.4, -0.2) is 22.3 Å². The molecule has 1 aromatic heterocycles. The van der Waals surface area contributed by atoms with Crippen LogP contribution in [0.3, 0.4) is 0 Å². The molecule has 1 heterocycles. The highest BCUT2D eigenvalue weighted by molar-refractivity contribution is 5.73. The molecule has 0 aliphatic rings. The van der Waals surface area contributed by atoms with E-state index >= 15 is 0 Å². The second-order valence-electron chi connectivity index (χ2n) is 3.61. The molecular weight excluding hydrogens is 249 g/mol. The highest BCUT2D eigenvalue weighted by Gasteiger charge is 2.27. The van der Waals surface area contributed by atoms with Crippen LogP contribution >= 0.6 is 0 Å². The molecule has 1 aromatic carbocycles. The van der Waals surface area contributed by atoms with Gasteiger partial charge in [-0.3, -0.25) is 9.36 Å². The number of aromatic nitrogens is 2. The molecule has 0 radical (unpaired) electrons. The first kappa shape index (κ1) is 12.6.